The molecule has 0 bridgehead atoms. The molecule has 0 amide bonds. The third-order valence-corrected chi connectivity index (χ3v) is 2.34. The normalized spacial score (nSPS) is 11.0. The predicted molar refractivity (Wildman–Crippen MR) is 59.1 cm³/mol. The molecule has 2 heteroatoms. The molecule has 0 unspecified atom stereocenters. The Bertz CT molecular complexity index is 305. The number of rotatable bonds is 3. The summed E-state index contributed by atoms with van der Waals surface area (Å²) in [6.45, 7) is 2.91. The summed E-state index contributed by atoms with van der Waals surface area (Å²) in [4.78, 5) is 0. The summed E-state index contributed by atoms with van der Waals surface area (Å²) in [6, 6.07) is 5.94. The SMILES string of the molecule is CNCC=Cc1cccc(Cl)c1C. The highest BCUT2D eigenvalue weighted by atomic mass is 35.5. The van der Waals surface area contributed by atoms with E-state index in [0.717, 1.165) is 17.1 Å². The zero-order valence-electron chi connectivity index (χ0n) is 7.97. The number of hydrogen-bond donors (Lipinski definition) is 1. The van der Waals surface area contributed by atoms with Crippen molar-refractivity contribution in [3.8, 4) is 0 Å². The zero-order chi connectivity index (χ0) is 9.68. The Morgan fingerprint density at radius 3 is 2.92 bits per heavy atom. The van der Waals surface area contributed by atoms with Crippen LogP contribution in [0.3, 0.4) is 0 Å². The van der Waals surface area contributed by atoms with Crippen LogP contribution in [0, 0.1) is 6.92 Å². The highest BCUT2D eigenvalue weighted by Gasteiger charge is 1.96. The van der Waals surface area contributed by atoms with Gasteiger partial charge < -0.3 is 5.32 Å². The Hall–Kier alpha value is -0.790. The Morgan fingerprint density at radius 2 is 2.23 bits per heavy atom. The van der Waals surface area contributed by atoms with Gasteiger partial charge in [0.25, 0.3) is 0 Å². The van der Waals surface area contributed by atoms with Crippen molar-refractivity contribution in [2.45, 2.75) is 6.92 Å². The summed E-state index contributed by atoms with van der Waals surface area (Å²) in [6.07, 6.45) is 4.16. The second-order valence-corrected chi connectivity index (χ2v) is 3.32. The molecule has 0 atom stereocenters. The summed E-state index contributed by atoms with van der Waals surface area (Å²) in [5.74, 6) is 0. The van der Waals surface area contributed by atoms with Gasteiger partial charge >= 0.3 is 0 Å². The lowest BCUT2D eigenvalue weighted by molar-refractivity contribution is 0.922. The van der Waals surface area contributed by atoms with Crippen LogP contribution in [0.4, 0.5) is 0 Å². The first-order chi connectivity index (χ1) is 6.25. The van der Waals surface area contributed by atoms with E-state index < -0.39 is 0 Å². The molecule has 1 aromatic rings. The van der Waals surface area contributed by atoms with E-state index in [-0.39, 0.29) is 0 Å². The topological polar surface area (TPSA) is 12.0 Å². The highest BCUT2D eigenvalue weighted by molar-refractivity contribution is 6.31. The first kappa shape index (κ1) is 10.3. The fourth-order valence-electron chi connectivity index (χ4n) is 1.11. The third-order valence-electron chi connectivity index (χ3n) is 1.93. The molecular weight excluding hydrogens is 182 g/mol. The Labute approximate surface area is 84.4 Å². The van der Waals surface area contributed by atoms with Gasteiger partial charge in [0.2, 0.25) is 0 Å². The van der Waals surface area contributed by atoms with Crippen molar-refractivity contribution in [1.82, 2.24) is 5.32 Å². The minimum absolute atomic E-state index is 0.826. The minimum atomic E-state index is 0.826. The van der Waals surface area contributed by atoms with Gasteiger partial charge in [-0.2, -0.15) is 0 Å². The molecule has 0 fully saturated rings. The van der Waals surface area contributed by atoms with Crippen LogP contribution in [0.1, 0.15) is 11.1 Å². The average molecular weight is 196 g/mol. The zero-order valence-corrected chi connectivity index (χ0v) is 8.73. The fourth-order valence-corrected chi connectivity index (χ4v) is 1.29. The van der Waals surface area contributed by atoms with E-state index in [1.807, 2.05) is 26.1 Å². The van der Waals surface area contributed by atoms with Crippen molar-refractivity contribution in [3.63, 3.8) is 0 Å². The second kappa shape index (κ2) is 5.05. The summed E-state index contributed by atoms with van der Waals surface area (Å²) >= 11 is 5.98. The lowest BCUT2D eigenvalue weighted by Gasteiger charge is -2.01. The molecular formula is C11H14ClN. The molecule has 0 spiro atoms. The van der Waals surface area contributed by atoms with Gasteiger partial charge in [0, 0.05) is 11.6 Å². The largest absolute Gasteiger partial charge is 0.316 e. The molecule has 70 valence electrons. The van der Waals surface area contributed by atoms with Crippen LogP contribution in [0.2, 0.25) is 5.02 Å². The van der Waals surface area contributed by atoms with E-state index in [9.17, 15) is 0 Å². The van der Waals surface area contributed by atoms with Crippen LogP contribution in [0.5, 0.6) is 0 Å². The van der Waals surface area contributed by atoms with E-state index in [2.05, 4.69) is 23.5 Å². The number of benzene rings is 1. The number of hydrogen-bond acceptors (Lipinski definition) is 1. The van der Waals surface area contributed by atoms with Gasteiger partial charge in [-0.15, -0.1) is 0 Å². The van der Waals surface area contributed by atoms with Crippen molar-refractivity contribution in [2.75, 3.05) is 13.6 Å². The maximum absolute atomic E-state index is 5.98. The van der Waals surface area contributed by atoms with Crippen molar-refractivity contribution < 1.29 is 0 Å². The van der Waals surface area contributed by atoms with Crippen LogP contribution in [-0.2, 0) is 0 Å². The molecule has 1 nitrogen and oxygen atoms in total. The highest BCUT2D eigenvalue weighted by Crippen LogP contribution is 2.19. The number of nitrogens with one attached hydrogen (secondary N) is 1. The number of halogens is 1. The second-order valence-electron chi connectivity index (χ2n) is 2.91. The monoisotopic (exact) mass is 195 g/mol. The molecule has 0 aliphatic carbocycles. The maximum atomic E-state index is 5.98. The van der Waals surface area contributed by atoms with Gasteiger partial charge in [-0.25, -0.2) is 0 Å². The van der Waals surface area contributed by atoms with Gasteiger partial charge in [0.15, 0.2) is 0 Å². The molecule has 13 heavy (non-hydrogen) atoms. The Morgan fingerprint density at radius 1 is 1.46 bits per heavy atom. The Balaban J connectivity index is 2.83. The van der Waals surface area contributed by atoms with Gasteiger partial charge in [-0.1, -0.05) is 35.9 Å². The van der Waals surface area contributed by atoms with E-state index in [1.54, 1.807) is 0 Å². The van der Waals surface area contributed by atoms with Crippen LogP contribution in [0.25, 0.3) is 6.08 Å². The van der Waals surface area contributed by atoms with E-state index >= 15 is 0 Å². The lowest BCUT2D eigenvalue weighted by atomic mass is 10.1. The van der Waals surface area contributed by atoms with Crippen LogP contribution in [-0.4, -0.2) is 13.6 Å². The van der Waals surface area contributed by atoms with E-state index in [0.29, 0.717) is 0 Å². The molecule has 1 aromatic carbocycles. The van der Waals surface area contributed by atoms with Crippen molar-refractivity contribution in [1.29, 1.82) is 0 Å². The van der Waals surface area contributed by atoms with Gasteiger partial charge in [-0.3, -0.25) is 0 Å². The summed E-state index contributed by atoms with van der Waals surface area (Å²) in [7, 11) is 1.93. The van der Waals surface area contributed by atoms with E-state index in [4.69, 9.17) is 11.6 Å². The molecule has 0 radical (unpaired) electrons. The summed E-state index contributed by atoms with van der Waals surface area (Å²) in [5, 5.41) is 3.88. The van der Waals surface area contributed by atoms with Crippen molar-refractivity contribution in [3.05, 3.63) is 40.4 Å². The molecule has 0 heterocycles. The predicted octanol–water partition coefficient (Wildman–Crippen LogP) is 2.88. The summed E-state index contributed by atoms with van der Waals surface area (Å²) < 4.78 is 0. The molecule has 0 aromatic heterocycles. The minimum Gasteiger partial charge on any atom is -0.316 e. The average Bonchev–Trinajstić information content (AvgIpc) is 2.13. The Kier molecular flexibility index (Phi) is 4.00. The van der Waals surface area contributed by atoms with Crippen LogP contribution in [0.15, 0.2) is 24.3 Å². The lowest BCUT2D eigenvalue weighted by Crippen LogP contribution is -2.03. The maximum Gasteiger partial charge on any atom is 0.0441 e. The molecule has 1 rings (SSSR count). The van der Waals surface area contributed by atoms with Gasteiger partial charge in [-0.05, 0) is 31.2 Å². The first-order valence-corrected chi connectivity index (χ1v) is 4.69. The smallest absolute Gasteiger partial charge is 0.0441 e. The first-order valence-electron chi connectivity index (χ1n) is 4.32. The molecule has 1 N–H and O–H groups in total. The molecule has 0 saturated carbocycles. The molecule has 0 aliphatic rings. The van der Waals surface area contributed by atoms with Crippen molar-refractivity contribution in [2.24, 2.45) is 0 Å². The third kappa shape index (κ3) is 2.87. The summed E-state index contributed by atoms with van der Waals surface area (Å²) in [5.41, 5.74) is 2.32. The fraction of sp³-hybridized carbons (Fsp3) is 0.273. The molecule has 0 saturated heterocycles. The molecule has 0 aliphatic heterocycles. The standard InChI is InChI=1S/C11H14ClN/c1-9-10(6-4-8-13-2)5-3-7-11(9)12/h3-7,13H,8H2,1-2H3. The van der Waals surface area contributed by atoms with Crippen LogP contribution < -0.4 is 5.32 Å². The van der Waals surface area contributed by atoms with Gasteiger partial charge in [0.1, 0.15) is 0 Å². The van der Waals surface area contributed by atoms with Gasteiger partial charge in [0.05, 0.1) is 0 Å². The number of likely N-dealkylation sites (N-methyl/N-ethyl adjacent to an activating group) is 1. The van der Waals surface area contributed by atoms with Crippen LogP contribution >= 0.6 is 11.6 Å². The van der Waals surface area contributed by atoms with Crippen molar-refractivity contribution >= 4 is 17.7 Å². The quantitative estimate of drug-likeness (QED) is 0.782. The van der Waals surface area contributed by atoms with E-state index in [1.165, 1.54) is 5.56 Å².